The molecule has 3 aliphatic rings. The molecule has 3 atom stereocenters. The third kappa shape index (κ3) is 1.84. The lowest BCUT2D eigenvalue weighted by Crippen LogP contribution is -2.43. The number of likely N-dealkylation sites (tertiary alicyclic amines) is 1. The van der Waals surface area contributed by atoms with Crippen molar-refractivity contribution in [2.75, 3.05) is 19.6 Å². The number of carbonyl (C=O) groups is 1. The van der Waals surface area contributed by atoms with Gasteiger partial charge in [-0.25, -0.2) is 8.78 Å². The first-order chi connectivity index (χ1) is 8.08. The average molecular weight is 244 g/mol. The molecule has 0 aromatic heterocycles. The molecule has 0 aromatic rings. The van der Waals surface area contributed by atoms with E-state index in [4.69, 9.17) is 0 Å². The summed E-state index contributed by atoms with van der Waals surface area (Å²) in [7, 11) is 0. The lowest BCUT2D eigenvalue weighted by Gasteiger charge is -2.23. The van der Waals surface area contributed by atoms with Crippen molar-refractivity contribution < 1.29 is 13.6 Å². The molecular formula is C12H18F2N2O. The van der Waals surface area contributed by atoms with E-state index in [9.17, 15) is 13.6 Å². The lowest BCUT2D eigenvalue weighted by molar-refractivity contribution is -0.133. The van der Waals surface area contributed by atoms with Gasteiger partial charge in [0, 0.05) is 25.4 Å². The van der Waals surface area contributed by atoms with Crippen molar-refractivity contribution in [2.45, 2.75) is 37.6 Å². The number of nitrogens with one attached hydrogen (secondary N) is 1. The molecule has 1 amide bonds. The Morgan fingerprint density at radius 1 is 1.29 bits per heavy atom. The smallest absolute Gasteiger partial charge is 0.252 e. The van der Waals surface area contributed by atoms with E-state index in [0.717, 1.165) is 19.4 Å². The molecule has 3 nitrogen and oxygen atoms in total. The van der Waals surface area contributed by atoms with Crippen LogP contribution in [0.3, 0.4) is 0 Å². The van der Waals surface area contributed by atoms with Crippen LogP contribution >= 0.6 is 0 Å². The van der Waals surface area contributed by atoms with Gasteiger partial charge in [0.15, 0.2) is 0 Å². The first-order valence-corrected chi connectivity index (χ1v) is 6.48. The van der Waals surface area contributed by atoms with Crippen LogP contribution in [0, 0.1) is 11.8 Å². The van der Waals surface area contributed by atoms with Crippen molar-refractivity contribution in [1.29, 1.82) is 0 Å². The summed E-state index contributed by atoms with van der Waals surface area (Å²) in [6, 6.07) is -0.123. The van der Waals surface area contributed by atoms with E-state index in [0.29, 0.717) is 13.0 Å². The Morgan fingerprint density at radius 2 is 2.12 bits per heavy atom. The van der Waals surface area contributed by atoms with Crippen LogP contribution in [-0.2, 0) is 4.79 Å². The second-order valence-corrected chi connectivity index (χ2v) is 5.56. The van der Waals surface area contributed by atoms with Crippen LogP contribution in [0.15, 0.2) is 0 Å². The highest BCUT2D eigenvalue weighted by molar-refractivity contribution is 5.82. The normalized spacial score (nSPS) is 39.6. The summed E-state index contributed by atoms with van der Waals surface area (Å²) in [5, 5.41) is 3.14. The van der Waals surface area contributed by atoms with Gasteiger partial charge >= 0.3 is 0 Å². The van der Waals surface area contributed by atoms with Crippen molar-refractivity contribution in [3.05, 3.63) is 0 Å². The van der Waals surface area contributed by atoms with Gasteiger partial charge in [-0.05, 0) is 31.7 Å². The van der Waals surface area contributed by atoms with Gasteiger partial charge in [0.25, 0.3) is 5.92 Å². The molecule has 0 bridgehead atoms. The van der Waals surface area contributed by atoms with Crippen LogP contribution in [0.25, 0.3) is 0 Å². The number of amides is 1. The fourth-order valence-corrected chi connectivity index (χ4v) is 3.50. The second kappa shape index (κ2) is 3.90. The minimum atomic E-state index is -2.55. The maximum Gasteiger partial charge on any atom is 0.252 e. The van der Waals surface area contributed by atoms with Crippen molar-refractivity contribution in [2.24, 2.45) is 11.8 Å². The zero-order valence-corrected chi connectivity index (χ0v) is 9.79. The summed E-state index contributed by atoms with van der Waals surface area (Å²) in [6.07, 6.45) is 2.43. The Bertz CT molecular complexity index is 328. The first kappa shape index (κ1) is 11.4. The SMILES string of the molecule is O=C(C1CCCN1)N1CC2CCC(F)(F)C2C1. The Hall–Kier alpha value is -0.710. The Balaban J connectivity index is 1.66. The summed E-state index contributed by atoms with van der Waals surface area (Å²) >= 11 is 0. The number of rotatable bonds is 1. The van der Waals surface area contributed by atoms with Crippen molar-refractivity contribution in [1.82, 2.24) is 10.2 Å². The first-order valence-electron chi connectivity index (χ1n) is 6.48. The summed E-state index contributed by atoms with van der Waals surface area (Å²) in [5.74, 6) is -3.08. The van der Waals surface area contributed by atoms with Gasteiger partial charge in [-0.1, -0.05) is 0 Å². The van der Waals surface area contributed by atoms with E-state index in [-0.39, 0.29) is 30.8 Å². The van der Waals surface area contributed by atoms with E-state index in [1.54, 1.807) is 4.90 Å². The monoisotopic (exact) mass is 244 g/mol. The predicted octanol–water partition coefficient (Wildman–Crippen LogP) is 1.24. The van der Waals surface area contributed by atoms with E-state index >= 15 is 0 Å². The van der Waals surface area contributed by atoms with Crippen LogP contribution in [0.2, 0.25) is 0 Å². The fourth-order valence-electron chi connectivity index (χ4n) is 3.50. The zero-order chi connectivity index (χ0) is 12.0. The van der Waals surface area contributed by atoms with Crippen LogP contribution in [0.4, 0.5) is 8.78 Å². The molecule has 3 fully saturated rings. The number of fused-ring (bicyclic) bond motifs is 1. The van der Waals surface area contributed by atoms with Gasteiger partial charge in [-0.2, -0.15) is 0 Å². The fraction of sp³-hybridized carbons (Fsp3) is 0.917. The quantitative estimate of drug-likeness (QED) is 0.752. The molecule has 0 aromatic carbocycles. The van der Waals surface area contributed by atoms with Crippen LogP contribution in [-0.4, -0.2) is 42.4 Å². The van der Waals surface area contributed by atoms with Gasteiger partial charge < -0.3 is 10.2 Å². The highest BCUT2D eigenvalue weighted by atomic mass is 19.3. The van der Waals surface area contributed by atoms with Crippen LogP contribution in [0.1, 0.15) is 25.7 Å². The molecule has 3 unspecified atom stereocenters. The predicted molar refractivity (Wildman–Crippen MR) is 58.8 cm³/mol. The van der Waals surface area contributed by atoms with Crippen molar-refractivity contribution in [3.8, 4) is 0 Å². The zero-order valence-electron chi connectivity index (χ0n) is 9.79. The maximum absolute atomic E-state index is 13.6. The molecule has 1 N–H and O–H groups in total. The Labute approximate surface area is 99.5 Å². The summed E-state index contributed by atoms with van der Waals surface area (Å²) < 4.78 is 27.1. The third-order valence-corrected chi connectivity index (χ3v) is 4.50. The summed E-state index contributed by atoms with van der Waals surface area (Å²) in [4.78, 5) is 13.8. The molecule has 96 valence electrons. The largest absolute Gasteiger partial charge is 0.341 e. The van der Waals surface area contributed by atoms with Gasteiger partial charge in [0.1, 0.15) is 0 Å². The van der Waals surface area contributed by atoms with Crippen molar-refractivity contribution >= 4 is 5.91 Å². The number of hydrogen-bond acceptors (Lipinski definition) is 2. The number of carbonyl (C=O) groups excluding carboxylic acids is 1. The second-order valence-electron chi connectivity index (χ2n) is 5.56. The highest BCUT2D eigenvalue weighted by Gasteiger charge is 2.55. The Kier molecular flexibility index (Phi) is 2.61. The molecule has 2 saturated heterocycles. The standard InChI is InChI=1S/C12H18F2N2O/c13-12(14)4-3-8-6-16(7-9(8)12)11(17)10-2-1-5-15-10/h8-10,15H,1-7H2. The van der Waals surface area contributed by atoms with E-state index < -0.39 is 11.8 Å². The minimum Gasteiger partial charge on any atom is -0.341 e. The van der Waals surface area contributed by atoms with Gasteiger partial charge in [0.05, 0.1) is 6.04 Å². The van der Waals surface area contributed by atoms with Gasteiger partial charge in [-0.15, -0.1) is 0 Å². The molecule has 2 aliphatic heterocycles. The summed E-state index contributed by atoms with van der Waals surface area (Å²) in [6.45, 7) is 1.67. The topological polar surface area (TPSA) is 32.3 Å². The Morgan fingerprint density at radius 3 is 2.76 bits per heavy atom. The highest BCUT2D eigenvalue weighted by Crippen LogP contribution is 2.48. The average Bonchev–Trinajstić information content (AvgIpc) is 2.97. The molecule has 0 radical (unpaired) electrons. The molecule has 0 spiro atoms. The third-order valence-electron chi connectivity index (χ3n) is 4.50. The minimum absolute atomic E-state index is 0.00599. The van der Waals surface area contributed by atoms with Gasteiger partial charge in [0.2, 0.25) is 5.91 Å². The number of hydrogen-bond donors (Lipinski definition) is 1. The van der Waals surface area contributed by atoms with Crippen molar-refractivity contribution in [3.63, 3.8) is 0 Å². The number of alkyl halides is 2. The molecular weight excluding hydrogens is 226 g/mol. The van der Waals surface area contributed by atoms with Gasteiger partial charge in [-0.3, -0.25) is 4.79 Å². The van der Waals surface area contributed by atoms with E-state index in [1.165, 1.54) is 0 Å². The number of nitrogens with zero attached hydrogens (tertiary/aromatic N) is 1. The van der Waals surface area contributed by atoms with E-state index in [1.807, 2.05) is 0 Å². The molecule has 3 rings (SSSR count). The molecule has 2 heterocycles. The van der Waals surface area contributed by atoms with E-state index in [2.05, 4.69) is 5.32 Å². The molecule has 1 aliphatic carbocycles. The maximum atomic E-state index is 13.6. The summed E-state index contributed by atoms with van der Waals surface area (Å²) in [5.41, 5.74) is 0. The molecule has 5 heteroatoms. The van der Waals surface area contributed by atoms with Crippen LogP contribution in [0.5, 0.6) is 0 Å². The van der Waals surface area contributed by atoms with Crippen LogP contribution < -0.4 is 5.32 Å². The number of halogens is 2. The molecule has 17 heavy (non-hydrogen) atoms. The lowest BCUT2D eigenvalue weighted by atomic mass is 9.99. The molecule has 1 saturated carbocycles.